The van der Waals surface area contributed by atoms with Gasteiger partial charge >= 0.3 is 6.09 Å². The van der Waals surface area contributed by atoms with Crippen LogP contribution >= 0.6 is 0 Å². The topological polar surface area (TPSA) is 90.7 Å². The van der Waals surface area contributed by atoms with Crippen molar-refractivity contribution < 1.29 is 19.1 Å². The molecule has 1 aliphatic heterocycles. The minimum absolute atomic E-state index is 0.0765. The smallest absolute Gasteiger partial charge is 0.410 e. The number of carbonyl (C=O) groups is 2. The average Bonchev–Trinajstić information content (AvgIpc) is 2.75. The Balaban J connectivity index is 1.77. The van der Waals surface area contributed by atoms with Gasteiger partial charge in [-0.15, -0.1) is 0 Å². The summed E-state index contributed by atoms with van der Waals surface area (Å²) < 4.78 is 12.3. The lowest BCUT2D eigenvalue weighted by molar-refractivity contribution is -0.123. The van der Waals surface area contributed by atoms with E-state index in [-0.39, 0.29) is 37.0 Å². The van der Waals surface area contributed by atoms with Crippen LogP contribution in [0.25, 0.3) is 10.9 Å². The maximum atomic E-state index is 12.9. The van der Waals surface area contributed by atoms with Crippen molar-refractivity contribution in [2.45, 2.75) is 44.9 Å². The Labute approximate surface area is 175 Å². The largest absolute Gasteiger partial charge is 0.445 e. The molecule has 1 aromatic carbocycles. The van der Waals surface area contributed by atoms with E-state index in [0.717, 1.165) is 12.8 Å². The Morgan fingerprint density at radius 1 is 1.33 bits per heavy atom. The summed E-state index contributed by atoms with van der Waals surface area (Å²) in [5, 5.41) is 0.465. The van der Waals surface area contributed by atoms with Gasteiger partial charge in [0.05, 0.1) is 35.9 Å². The van der Waals surface area contributed by atoms with Gasteiger partial charge in [0.15, 0.2) is 5.78 Å². The molecule has 8 nitrogen and oxygen atoms in total. The van der Waals surface area contributed by atoms with E-state index >= 15 is 0 Å². The fraction of sp³-hybridized carbons (Fsp3) is 0.455. The summed E-state index contributed by atoms with van der Waals surface area (Å²) in [6.45, 7) is 6.41. The van der Waals surface area contributed by atoms with Crippen LogP contribution in [0.3, 0.4) is 0 Å². The first-order valence-corrected chi connectivity index (χ1v) is 10.2. The van der Waals surface area contributed by atoms with Gasteiger partial charge in [-0.3, -0.25) is 14.2 Å². The van der Waals surface area contributed by atoms with Crippen LogP contribution < -0.4 is 5.56 Å². The molecule has 1 unspecified atom stereocenters. The number of piperidine rings is 1. The average molecular weight is 413 g/mol. The van der Waals surface area contributed by atoms with Crippen molar-refractivity contribution in [2.75, 3.05) is 19.8 Å². The summed E-state index contributed by atoms with van der Waals surface area (Å²) in [5.74, 6) is -0.174. The lowest BCUT2D eigenvalue weighted by Crippen LogP contribution is -2.53. The maximum Gasteiger partial charge on any atom is 0.410 e. The predicted octanol–water partition coefficient (Wildman–Crippen LogP) is 2.55. The van der Waals surface area contributed by atoms with Crippen LogP contribution in [0.1, 0.15) is 26.2 Å². The molecule has 30 heavy (non-hydrogen) atoms. The van der Waals surface area contributed by atoms with Crippen LogP contribution in [-0.2, 0) is 20.8 Å². The van der Waals surface area contributed by atoms with E-state index < -0.39 is 12.1 Å². The zero-order valence-corrected chi connectivity index (χ0v) is 17.2. The number of carbonyl (C=O) groups excluding carboxylic acids is 2. The quantitative estimate of drug-likeness (QED) is 0.618. The highest BCUT2D eigenvalue weighted by Gasteiger charge is 2.37. The number of para-hydroxylation sites is 1. The Bertz CT molecular complexity index is 969. The Morgan fingerprint density at radius 3 is 2.90 bits per heavy atom. The van der Waals surface area contributed by atoms with E-state index in [4.69, 9.17) is 9.47 Å². The van der Waals surface area contributed by atoms with Crippen LogP contribution in [0.2, 0.25) is 0 Å². The SMILES string of the molecule is C=CCOC(=O)N1CCCC(OCC)[C@H]1CC(=O)Cn1cnc2ccccc2c1=O. The number of aromatic nitrogens is 2. The summed E-state index contributed by atoms with van der Waals surface area (Å²) in [6.07, 6.45) is 3.76. The first-order valence-electron chi connectivity index (χ1n) is 10.2. The fourth-order valence-corrected chi connectivity index (χ4v) is 3.82. The molecule has 1 aliphatic rings. The minimum Gasteiger partial charge on any atom is -0.445 e. The molecule has 160 valence electrons. The number of ether oxygens (including phenoxy) is 2. The highest BCUT2D eigenvalue weighted by molar-refractivity contribution is 5.81. The van der Waals surface area contributed by atoms with Crippen molar-refractivity contribution in [2.24, 2.45) is 0 Å². The number of amides is 1. The molecule has 0 bridgehead atoms. The number of nitrogens with zero attached hydrogens (tertiary/aromatic N) is 3. The molecule has 0 spiro atoms. The first kappa shape index (κ1) is 21.7. The van der Waals surface area contributed by atoms with Crippen molar-refractivity contribution in [1.82, 2.24) is 14.5 Å². The second-order valence-corrected chi connectivity index (χ2v) is 7.20. The number of likely N-dealkylation sites (tertiary alicyclic amines) is 1. The summed E-state index contributed by atoms with van der Waals surface area (Å²) >= 11 is 0. The number of rotatable bonds is 8. The number of Topliss-reactive ketones (excluding diaryl/α,β-unsaturated/α-hetero) is 1. The molecule has 2 heterocycles. The summed E-state index contributed by atoms with van der Waals surface area (Å²) in [4.78, 5) is 43.8. The van der Waals surface area contributed by atoms with Gasteiger partial charge in [-0.25, -0.2) is 9.78 Å². The zero-order chi connectivity index (χ0) is 21.5. The molecule has 2 atom stereocenters. The number of hydrogen-bond donors (Lipinski definition) is 0. The van der Waals surface area contributed by atoms with Crippen molar-refractivity contribution in [3.8, 4) is 0 Å². The third-order valence-electron chi connectivity index (χ3n) is 5.17. The van der Waals surface area contributed by atoms with Crippen molar-refractivity contribution in [3.05, 3.63) is 53.6 Å². The lowest BCUT2D eigenvalue weighted by atomic mass is 9.94. The molecule has 1 amide bonds. The minimum atomic E-state index is -0.485. The molecule has 3 rings (SSSR count). The molecule has 0 aliphatic carbocycles. The number of fused-ring (bicyclic) bond motifs is 1. The first-order chi connectivity index (χ1) is 14.5. The molecule has 0 N–H and O–H groups in total. The third-order valence-corrected chi connectivity index (χ3v) is 5.17. The zero-order valence-electron chi connectivity index (χ0n) is 17.2. The summed E-state index contributed by atoms with van der Waals surface area (Å²) in [6, 6.07) is 6.58. The molecule has 0 radical (unpaired) electrons. The van der Waals surface area contributed by atoms with Gasteiger partial charge in [0.25, 0.3) is 5.56 Å². The summed E-state index contributed by atoms with van der Waals surface area (Å²) in [7, 11) is 0. The van der Waals surface area contributed by atoms with Gasteiger partial charge in [-0.1, -0.05) is 24.8 Å². The molecule has 2 aromatic rings. The van der Waals surface area contributed by atoms with E-state index in [9.17, 15) is 14.4 Å². The molecular formula is C22H27N3O5. The predicted molar refractivity (Wildman–Crippen MR) is 112 cm³/mol. The third kappa shape index (κ3) is 4.94. The molecule has 8 heteroatoms. The molecular weight excluding hydrogens is 386 g/mol. The Hall–Kier alpha value is -3.00. The van der Waals surface area contributed by atoms with E-state index in [1.165, 1.54) is 17.0 Å². The highest BCUT2D eigenvalue weighted by atomic mass is 16.6. The van der Waals surface area contributed by atoms with E-state index in [2.05, 4.69) is 11.6 Å². The maximum absolute atomic E-state index is 12.9. The van der Waals surface area contributed by atoms with Crippen molar-refractivity contribution in [1.29, 1.82) is 0 Å². The Morgan fingerprint density at radius 2 is 2.13 bits per heavy atom. The van der Waals surface area contributed by atoms with Crippen molar-refractivity contribution in [3.63, 3.8) is 0 Å². The van der Waals surface area contributed by atoms with Crippen LogP contribution in [0.5, 0.6) is 0 Å². The van der Waals surface area contributed by atoms with Gasteiger partial charge < -0.3 is 14.4 Å². The number of hydrogen-bond acceptors (Lipinski definition) is 6. The van der Waals surface area contributed by atoms with Crippen LogP contribution in [-0.4, -0.2) is 58.2 Å². The van der Waals surface area contributed by atoms with Gasteiger partial charge in [-0.05, 0) is 31.9 Å². The molecule has 1 fully saturated rings. The molecule has 1 aromatic heterocycles. The van der Waals surface area contributed by atoms with Crippen LogP contribution in [0.4, 0.5) is 4.79 Å². The van der Waals surface area contributed by atoms with Crippen LogP contribution in [0.15, 0.2) is 48.0 Å². The standard InChI is InChI=1S/C22H27N3O5/c1-3-12-30-22(28)25-11-7-10-20(29-4-2)19(25)13-16(26)14-24-15-23-18-9-6-5-8-17(18)21(24)27/h3,5-6,8-9,15,19-20H,1,4,7,10-14H2,2H3/t19-,20?/m1/s1. The molecule has 0 saturated carbocycles. The number of benzene rings is 1. The monoisotopic (exact) mass is 413 g/mol. The highest BCUT2D eigenvalue weighted by Crippen LogP contribution is 2.24. The lowest BCUT2D eigenvalue weighted by Gasteiger charge is -2.40. The second-order valence-electron chi connectivity index (χ2n) is 7.20. The Kier molecular flexibility index (Phi) is 7.35. The van der Waals surface area contributed by atoms with Gasteiger partial charge in [0.2, 0.25) is 0 Å². The summed E-state index contributed by atoms with van der Waals surface area (Å²) in [5.41, 5.74) is 0.326. The normalized spacial score (nSPS) is 18.9. The van der Waals surface area contributed by atoms with E-state index in [0.29, 0.717) is 24.1 Å². The number of ketones is 1. The second kappa shape index (κ2) is 10.2. The van der Waals surface area contributed by atoms with Gasteiger partial charge in [0, 0.05) is 19.6 Å². The van der Waals surface area contributed by atoms with Gasteiger partial charge in [-0.2, -0.15) is 0 Å². The van der Waals surface area contributed by atoms with E-state index in [1.54, 1.807) is 29.2 Å². The van der Waals surface area contributed by atoms with Gasteiger partial charge in [0.1, 0.15) is 6.61 Å². The van der Waals surface area contributed by atoms with Crippen molar-refractivity contribution >= 4 is 22.8 Å². The molecule has 1 saturated heterocycles. The van der Waals surface area contributed by atoms with Crippen LogP contribution in [0, 0.1) is 0 Å². The fourth-order valence-electron chi connectivity index (χ4n) is 3.82. The van der Waals surface area contributed by atoms with E-state index in [1.807, 2.05) is 6.92 Å².